The maximum absolute atomic E-state index is 12.8. The fraction of sp³-hybridized carbons (Fsp3) is 0.350. The van der Waals surface area contributed by atoms with Gasteiger partial charge in [0.05, 0.1) is 14.7 Å². The van der Waals surface area contributed by atoms with E-state index in [-0.39, 0.29) is 16.1 Å². The van der Waals surface area contributed by atoms with Crippen LogP contribution >= 0.6 is 11.8 Å². The van der Waals surface area contributed by atoms with Gasteiger partial charge in [-0.25, -0.2) is 8.42 Å². The van der Waals surface area contributed by atoms with Gasteiger partial charge in [0.2, 0.25) is 0 Å². The van der Waals surface area contributed by atoms with E-state index in [0.29, 0.717) is 16.5 Å². The Hall–Kier alpha value is -2.39. The third-order valence-corrected chi connectivity index (χ3v) is 6.54. The van der Waals surface area contributed by atoms with Gasteiger partial charge in [0.25, 0.3) is 11.6 Å². The number of thioether (sulfide) groups is 1. The minimum absolute atomic E-state index is 0.0922. The van der Waals surface area contributed by atoms with Crippen LogP contribution in [0.1, 0.15) is 30.6 Å². The second-order valence-corrected chi connectivity index (χ2v) is 10.3. The van der Waals surface area contributed by atoms with Crippen molar-refractivity contribution >= 4 is 38.9 Å². The average Bonchev–Trinajstić information content (AvgIpc) is 2.66. The lowest BCUT2D eigenvalue weighted by Crippen LogP contribution is -2.26. The van der Waals surface area contributed by atoms with Crippen molar-refractivity contribution in [2.24, 2.45) is 5.92 Å². The van der Waals surface area contributed by atoms with Crippen molar-refractivity contribution in [2.45, 2.75) is 30.1 Å². The van der Waals surface area contributed by atoms with E-state index >= 15 is 0 Å². The monoisotopic (exact) mass is 436 g/mol. The largest absolute Gasteiger partial charge is 0.311 e. The van der Waals surface area contributed by atoms with Crippen molar-refractivity contribution in [2.75, 3.05) is 24.0 Å². The second kappa shape index (κ2) is 9.41. The molecular formula is C20H24N2O5S2. The Morgan fingerprint density at radius 3 is 2.31 bits per heavy atom. The third kappa shape index (κ3) is 6.04. The molecule has 9 heteroatoms. The quantitative estimate of drug-likeness (QED) is 0.345. The number of hydrogen-bond acceptors (Lipinski definition) is 6. The molecular weight excluding hydrogens is 412 g/mol. The fourth-order valence-electron chi connectivity index (χ4n) is 2.55. The number of nitro groups is 1. The molecule has 29 heavy (non-hydrogen) atoms. The molecule has 0 aromatic heterocycles. The zero-order chi connectivity index (χ0) is 21.8. The molecule has 0 fully saturated rings. The third-order valence-electron chi connectivity index (χ3n) is 4.31. The molecule has 0 aliphatic carbocycles. The molecule has 0 radical (unpaired) electrons. The van der Waals surface area contributed by atoms with Gasteiger partial charge >= 0.3 is 0 Å². The molecule has 0 N–H and O–H groups in total. The maximum Gasteiger partial charge on any atom is 0.283 e. The first kappa shape index (κ1) is 22.9. The summed E-state index contributed by atoms with van der Waals surface area (Å²) in [5, 5.41) is 11.5. The van der Waals surface area contributed by atoms with E-state index < -0.39 is 20.7 Å². The van der Waals surface area contributed by atoms with Crippen molar-refractivity contribution in [3.63, 3.8) is 0 Å². The highest BCUT2D eigenvalue weighted by molar-refractivity contribution is 7.99. The molecule has 156 valence electrons. The van der Waals surface area contributed by atoms with Crippen LogP contribution in [-0.2, 0) is 9.84 Å². The van der Waals surface area contributed by atoms with Crippen molar-refractivity contribution < 1.29 is 18.1 Å². The van der Waals surface area contributed by atoms with Crippen molar-refractivity contribution in [1.82, 2.24) is 0 Å². The number of anilines is 1. The van der Waals surface area contributed by atoms with Crippen LogP contribution in [0, 0.1) is 16.0 Å². The molecule has 0 saturated heterocycles. The molecule has 0 unspecified atom stereocenters. The lowest BCUT2D eigenvalue weighted by molar-refractivity contribution is -0.387. The van der Waals surface area contributed by atoms with E-state index in [4.69, 9.17) is 0 Å². The number of sulfone groups is 1. The summed E-state index contributed by atoms with van der Waals surface area (Å²) in [6.07, 6.45) is 2.05. The first-order valence-electron chi connectivity index (χ1n) is 9.00. The van der Waals surface area contributed by atoms with Crippen molar-refractivity contribution in [3.05, 3.63) is 58.1 Å². The SMILES string of the molecule is CC(C)CCSc1ccc(C(=O)N(C)c2ccc(S(C)(=O)=O)cc2)cc1[N+](=O)[O-]. The summed E-state index contributed by atoms with van der Waals surface area (Å²) >= 11 is 1.41. The standard InChI is InChI=1S/C20H24N2O5S2/c1-14(2)11-12-28-19-10-5-15(13-18(19)22(24)25)20(23)21(3)16-6-8-17(9-7-16)29(4,26)27/h5-10,13-14H,11-12H2,1-4H3. The van der Waals surface area contributed by atoms with Crippen molar-refractivity contribution in [3.8, 4) is 0 Å². The molecule has 2 aromatic rings. The summed E-state index contributed by atoms with van der Waals surface area (Å²) in [7, 11) is -1.79. The summed E-state index contributed by atoms with van der Waals surface area (Å²) in [4.78, 5) is 25.8. The Bertz CT molecular complexity index is 1000. The van der Waals surface area contributed by atoms with Crippen LogP contribution in [0.15, 0.2) is 52.3 Å². The molecule has 7 nitrogen and oxygen atoms in total. The van der Waals surface area contributed by atoms with Gasteiger partial charge in [0, 0.05) is 30.6 Å². The fourth-order valence-corrected chi connectivity index (χ4v) is 4.43. The van der Waals surface area contributed by atoms with Gasteiger partial charge in [0.1, 0.15) is 0 Å². The smallest absolute Gasteiger partial charge is 0.283 e. The molecule has 0 aliphatic heterocycles. The number of nitrogens with zero attached hydrogens (tertiary/aromatic N) is 2. The number of hydrogen-bond donors (Lipinski definition) is 0. The molecule has 0 atom stereocenters. The molecule has 0 aliphatic rings. The molecule has 1 amide bonds. The van der Waals surface area contributed by atoms with E-state index in [1.807, 2.05) is 0 Å². The zero-order valence-corrected chi connectivity index (χ0v) is 18.4. The number of carbonyl (C=O) groups is 1. The Morgan fingerprint density at radius 1 is 1.17 bits per heavy atom. The number of rotatable bonds is 8. The lowest BCUT2D eigenvalue weighted by Gasteiger charge is -2.18. The van der Waals surface area contributed by atoms with Gasteiger partial charge in [-0.15, -0.1) is 11.8 Å². The highest BCUT2D eigenvalue weighted by atomic mass is 32.2. The Kier molecular flexibility index (Phi) is 7.43. The van der Waals surface area contributed by atoms with Crippen LogP contribution < -0.4 is 4.90 Å². The van der Waals surface area contributed by atoms with Gasteiger partial charge in [-0.2, -0.15) is 0 Å². The minimum atomic E-state index is -3.33. The van der Waals surface area contributed by atoms with Gasteiger partial charge in [-0.3, -0.25) is 14.9 Å². The molecule has 0 heterocycles. The summed E-state index contributed by atoms with van der Waals surface area (Å²) in [5.41, 5.74) is 0.588. The Morgan fingerprint density at radius 2 is 1.79 bits per heavy atom. The first-order valence-corrected chi connectivity index (χ1v) is 11.9. The first-order chi connectivity index (χ1) is 13.5. The highest BCUT2D eigenvalue weighted by Gasteiger charge is 2.21. The van der Waals surface area contributed by atoms with Gasteiger partial charge in [-0.05, 0) is 54.5 Å². The van der Waals surface area contributed by atoms with E-state index in [2.05, 4.69) is 13.8 Å². The molecule has 0 spiro atoms. The van der Waals surface area contributed by atoms with Gasteiger partial charge in [0.15, 0.2) is 9.84 Å². The maximum atomic E-state index is 12.8. The zero-order valence-electron chi connectivity index (χ0n) is 16.8. The van der Waals surface area contributed by atoms with Gasteiger partial charge < -0.3 is 4.90 Å². The summed E-state index contributed by atoms with van der Waals surface area (Å²) in [6.45, 7) is 4.18. The topological polar surface area (TPSA) is 97.6 Å². The second-order valence-electron chi connectivity index (χ2n) is 7.10. The van der Waals surface area contributed by atoms with Crippen LogP contribution in [-0.4, -0.2) is 38.3 Å². The summed E-state index contributed by atoms with van der Waals surface area (Å²) in [6, 6.07) is 10.4. The minimum Gasteiger partial charge on any atom is -0.311 e. The van der Waals surface area contributed by atoms with Crippen LogP contribution in [0.25, 0.3) is 0 Å². The molecule has 0 bridgehead atoms. The Balaban J connectivity index is 2.25. The van der Waals surface area contributed by atoms with Crippen LogP contribution in [0.3, 0.4) is 0 Å². The van der Waals surface area contributed by atoms with Crippen LogP contribution in [0.4, 0.5) is 11.4 Å². The normalized spacial score (nSPS) is 11.5. The number of benzene rings is 2. The molecule has 2 aromatic carbocycles. The van der Waals surface area contributed by atoms with Gasteiger partial charge in [-0.1, -0.05) is 13.8 Å². The number of nitro benzene ring substituents is 1. The van der Waals surface area contributed by atoms with Crippen LogP contribution in [0.2, 0.25) is 0 Å². The predicted octanol–water partition coefficient (Wildman–Crippen LogP) is 4.41. The van der Waals surface area contributed by atoms with E-state index in [1.165, 1.54) is 54.0 Å². The molecule has 2 rings (SSSR count). The lowest BCUT2D eigenvalue weighted by atomic mass is 10.1. The summed E-state index contributed by atoms with van der Waals surface area (Å²) in [5.74, 6) is 0.849. The Labute approximate surface area is 175 Å². The van der Waals surface area contributed by atoms with E-state index in [9.17, 15) is 23.3 Å². The number of amides is 1. The summed E-state index contributed by atoms with van der Waals surface area (Å²) < 4.78 is 23.1. The average molecular weight is 437 g/mol. The predicted molar refractivity (Wildman–Crippen MR) is 116 cm³/mol. The number of carbonyl (C=O) groups excluding carboxylic acids is 1. The van der Waals surface area contributed by atoms with Crippen LogP contribution in [0.5, 0.6) is 0 Å². The van der Waals surface area contributed by atoms with E-state index in [0.717, 1.165) is 18.4 Å². The highest BCUT2D eigenvalue weighted by Crippen LogP contribution is 2.32. The molecule has 0 saturated carbocycles. The van der Waals surface area contributed by atoms with Crippen molar-refractivity contribution in [1.29, 1.82) is 0 Å². The van der Waals surface area contributed by atoms with E-state index in [1.54, 1.807) is 12.1 Å².